The Morgan fingerprint density at radius 2 is 1.77 bits per heavy atom. The fourth-order valence-corrected chi connectivity index (χ4v) is 4.15. The van der Waals surface area contributed by atoms with Crippen molar-refractivity contribution in [3.63, 3.8) is 0 Å². The van der Waals surface area contributed by atoms with Crippen LogP contribution in [0, 0.1) is 12.3 Å². The first-order valence-electron chi connectivity index (χ1n) is 10.1. The Balaban J connectivity index is 1.53. The third kappa shape index (κ3) is 3.96. The molecule has 1 atom stereocenters. The second kappa shape index (κ2) is 8.10. The molecule has 0 saturated carbocycles. The van der Waals surface area contributed by atoms with Gasteiger partial charge in [-0.05, 0) is 42.9 Å². The van der Waals surface area contributed by atoms with Gasteiger partial charge in [0.25, 0.3) is 5.91 Å². The van der Waals surface area contributed by atoms with Gasteiger partial charge in [0.2, 0.25) is 11.7 Å². The maximum atomic E-state index is 12.7. The lowest BCUT2D eigenvalue weighted by Gasteiger charge is -2.40. The highest BCUT2D eigenvalue weighted by molar-refractivity contribution is 5.91. The van der Waals surface area contributed by atoms with Crippen molar-refractivity contribution in [3.05, 3.63) is 71.8 Å². The average Bonchev–Trinajstić information content (AvgIpc) is 3.29. The molecule has 7 heteroatoms. The van der Waals surface area contributed by atoms with Crippen LogP contribution < -0.4 is 5.73 Å². The molecule has 0 spiro atoms. The fourth-order valence-electron chi connectivity index (χ4n) is 4.15. The molecule has 0 radical (unpaired) electrons. The Morgan fingerprint density at radius 1 is 1.10 bits per heavy atom. The number of benzene rings is 2. The van der Waals surface area contributed by atoms with E-state index in [1.54, 1.807) is 4.90 Å². The number of nitrogens with zero attached hydrogens (tertiary/aromatic N) is 3. The highest BCUT2D eigenvalue weighted by Crippen LogP contribution is 2.34. The minimum absolute atomic E-state index is 0.178. The fraction of sp³-hybridized carbons (Fsp3) is 0.304. The summed E-state index contributed by atoms with van der Waals surface area (Å²) in [4.78, 5) is 30.8. The molecule has 2 amide bonds. The summed E-state index contributed by atoms with van der Waals surface area (Å²) in [6.07, 6.45) is 3.16. The first-order valence-corrected chi connectivity index (χ1v) is 10.1. The van der Waals surface area contributed by atoms with Crippen LogP contribution in [0.2, 0.25) is 0 Å². The molecule has 2 heterocycles. The van der Waals surface area contributed by atoms with E-state index in [0.29, 0.717) is 25.8 Å². The molecule has 1 aliphatic heterocycles. The number of primary amides is 1. The third-order valence-corrected chi connectivity index (χ3v) is 5.89. The van der Waals surface area contributed by atoms with Crippen molar-refractivity contribution in [3.8, 4) is 11.1 Å². The predicted molar refractivity (Wildman–Crippen MR) is 113 cm³/mol. The van der Waals surface area contributed by atoms with E-state index in [1.807, 2.05) is 12.1 Å². The van der Waals surface area contributed by atoms with Crippen molar-refractivity contribution < 1.29 is 9.59 Å². The number of carbonyl (C=O) groups is 2. The smallest absolute Gasteiger partial charge is 0.291 e. The van der Waals surface area contributed by atoms with Gasteiger partial charge in [0, 0.05) is 13.1 Å². The van der Waals surface area contributed by atoms with E-state index in [9.17, 15) is 9.59 Å². The number of piperidine rings is 1. The van der Waals surface area contributed by atoms with Crippen LogP contribution in [0.25, 0.3) is 11.1 Å². The molecule has 30 heavy (non-hydrogen) atoms. The van der Waals surface area contributed by atoms with Gasteiger partial charge in [-0.15, -0.1) is 0 Å². The van der Waals surface area contributed by atoms with E-state index in [1.165, 1.54) is 11.9 Å². The Labute approximate surface area is 175 Å². The minimum Gasteiger partial charge on any atom is -0.369 e. The van der Waals surface area contributed by atoms with Crippen LogP contribution in [0.15, 0.2) is 54.9 Å². The summed E-state index contributed by atoms with van der Waals surface area (Å²) in [5.41, 5.74) is 9.58. The predicted octanol–water partition coefficient (Wildman–Crippen LogP) is 2.73. The van der Waals surface area contributed by atoms with Crippen LogP contribution in [0.3, 0.4) is 0 Å². The third-order valence-electron chi connectivity index (χ3n) is 5.89. The van der Waals surface area contributed by atoms with Crippen LogP contribution in [0.1, 0.15) is 34.6 Å². The Hall–Kier alpha value is -3.48. The summed E-state index contributed by atoms with van der Waals surface area (Å²) in [5.74, 6) is -0.453. The van der Waals surface area contributed by atoms with Crippen LogP contribution in [0.5, 0.6) is 0 Å². The van der Waals surface area contributed by atoms with E-state index in [-0.39, 0.29) is 24.2 Å². The van der Waals surface area contributed by atoms with Crippen LogP contribution in [0.4, 0.5) is 0 Å². The molecule has 1 aromatic heterocycles. The van der Waals surface area contributed by atoms with E-state index in [4.69, 9.17) is 5.73 Å². The van der Waals surface area contributed by atoms with E-state index >= 15 is 0 Å². The minimum atomic E-state index is -0.792. The van der Waals surface area contributed by atoms with E-state index in [2.05, 4.69) is 58.5 Å². The van der Waals surface area contributed by atoms with Crippen LogP contribution in [-0.2, 0) is 11.2 Å². The maximum absolute atomic E-state index is 12.7. The van der Waals surface area contributed by atoms with Crippen molar-refractivity contribution in [2.75, 3.05) is 13.1 Å². The molecule has 2 aromatic carbocycles. The Bertz CT molecular complexity index is 1030. The first-order chi connectivity index (χ1) is 14.5. The number of carbonyl (C=O) groups excluding carboxylic acids is 2. The Morgan fingerprint density at radius 3 is 2.37 bits per heavy atom. The van der Waals surface area contributed by atoms with Gasteiger partial charge in [-0.1, -0.05) is 54.1 Å². The molecule has 0 aliphatic carbocycles. The molecule has 1 fully saturated rings. The number of hydrogen-bond donors (Lipinski definition) is 2. The van der Waals surface area contributed by atoms with Gasteiger partial charge in [0.15, 0.2) is 0 Å². The highest BCUT2D eigenvalue weighted by Gasteiger charge is 2.42. The molecule has 1 unspecified atom stereocenters. The molecule has 3 aromatic rings. The van der Waals surface area contributed by atoms with E-state index in [0.717, 1.165) is 16.7 Å². The van der Waals surface area contributed by atoms with Crippen molar-refractivity contribution >= 4 is 11.8 Å². The summed E-state index contributed by atoms with van der Waals surface area (Å²) < 4.78 is 0. The second-order valence-electron chi connectivity index (χ2n) is 8.05. The van der Waals surface area contributed by atoms with Crippen molar-refractivity contribution in [1.29, 1.82) is 0 Å². The second-order valence-corrected chi connectivity index (χ2v) is 8.05. The lowest BCUT2D eigenvalue weighted by molar-refractivity contribution is -0.130. The van der Waals surface area contributed by atoms with Crippen LogP contribution >= 0.6 is 0 Å². The van der Waals surface area contributed by atoms with Crippen molar-refractivity contribution in [2.24, 2.45) is 11.1 Å². The quantitative estimate of drug-likeness (QED) is 0.683. The Kier molecular flexibility index (Phi) is 5.35. The molecule has 1 saturated heterocycles. The van der Waals surface area contributed by atoms with Gasteiger partial charge in [-0.3, -0.25) is 14.7 Å². The average molecular weight is 403 g/mol. The number of amides is 2. The number of H-pyrrole nitrogens is 1. The number of aromatic nitrogens is 3. The first kappa shape index (κ1) is 19.8. The molecule has 1 aliphatic rings. The maximum Gasteiger partial charge on any atom is 0.291 e. The highest BCUT2D eigenvalue weighted by atomic mass is 16.2. The van der Waals surface area contributed by atoms with Crippen LogP contribution in [-0.4, -0.2) is 45.0 Å². The lowest BCUT2D eigenvalue weighted by Crippen LogP contribution is -2.53. The number of hydrogen-bond acceptors (Lipinski definition) is 4. The lowest BCUT2D eigenvalue weighted by atomic mass is 9.74. The SMILES string of the molecule is Cc1ccc(-c2ccc(CC3(C(N)=O)CCCN(C(=O)c4ncn[nH]4)C3)cc2)cc1. The molecule has 154 valence electrons. The molecular formula is C23H25N5O2. The number of nitrogens with two attached hydrogens (primary N) is 1. The zero-order chi connectivity index (χ0) is 21.1. The number of aromatic amines is 1. The summed E-state index contributed by atoms with van der Waals surface area (Å²) in [6.45, 7) is 2.92. The number of nitrogens with one attached hydrogen (secondary N) is 1. The molecule has 3 N–H and O–H groups in total. The van der Waals surface area contributed by atoms with Crippen molar-refractivity contribution in [1.82, 2.24) is 20.1 Å². The summed E-state index contributed by atoms with van der Waals surface area (Å²) in [6, 6.07) is 16.6. The number of aryl methyl sites for hydroxylation is 1. The van der Waals surface area contributed by atoms with Gasteiger partial charge in [0.1, 0.15) is 6.33 Å². The van der Waals surface area contributed by atoms with Gasteiger partial charge in [-0.25, -0.2) is 4.98 Å². The monoisotopic (exact) mass is 403 g/mol. The van der Waals surface area contributed by atoms with Gasteiger partial charge < -0.3 is 10.6 Å². The number of rotatable bonds is 5. The van der Waals surface area contributed by atoms with Crippen molar-refractivity contribution in [2.45, 2.75) is 26.2 Å². The number of likely N-dealkylation sites (tertiary alicyclic amines) is 1. The van der Waals surface area contributed by atoms with Gasteiger partial charge >= 0.3 is 0 Å². The zero-order valence-corrected chi connectivity index (χ0v) is 17.0. The standard InChI is InChI=1S/C23H25N5O2/c1-16-3-7-18(8-4-16)19-9-5-17(6-10-19)13-23(22(24)30)11-2-12-28(14-23)21(29)20-25-15-26-27-20/h3-10,15H,2,11-14H2,1H3,(H2,24,30)(H,25,26,27). The largest absolute Gasteiger partial charge is 0.369 e. The summed E-state index contributed by atoms with van der Waals surface area (Å²) in [5, 5.41) is 6.34. The van der Waals surface area contributed by atoms with Gasteiger partial charge in [-0.2, -0.15) is 5.10 Å². The summed E-state index contributed by atoms with van der Waals surface area (Å²) in [7, 11) is 0. The molecular weight excluding hydrogens is 378 g/mol. The molecule has 0 bridgehead atoms. The normalized spacial score (nSPS) is 18.9. The molecule has 4 rings (SSSR count). The van der Waals surface area contributed by atoms with Gasteiger partial charge in [0.05, 0.1) is 5.41 Å². The zero-order valence-electron chi connectivity index (χ0n) is 17.0. The topological polar surface area (TPSA) is 105 Å². The molecule has 7 nitrogen and oxygen atoms in total. The summed E-state index contributed by atoms with van der Waals surface area (Å²) >= 11 is 0. The van der Waals surface area contributed by atoms with E-state index < -0.39 is 5.41 Å².